The Balaban J connectivity index is 1.49. The number of aryl methyl sites for hydroxylation is 1. The average molecular weight is 385 g/mol. The largest absolute Gasteiger partial charge is 0.458 e. The van der Waals surface area contributed by atoms with Gasteiger partial charge in [0.15, 0.2) is 0 Å². The Kier molecular flexibility index (Phi) is 4.03. The second-order valence-electron chi connectivity index (χ2n) is 10.9. The van der Waals surface area contributed by atoms with Crippen LogP contribution < -0.4 is 0 Å². The summed E-state index contributed by atoms with van der Waals surface area (Å²) in [5.41, 5.74) is 2.08. The van der Waals surface area contributed by atoms with Crippen LogP contribution in [0.15, 0.2) is 18.2 Å². The summed E-state index contributed by atoms with van der Waals surface area (Å²) in [7, 11) is 0. The number of carbonyl (C=O) groups excluding carboxylic acids is 1. The van der Waals surface area contributed by atoms with Gasteiger partial charge in [-0.15, -0.1) is 0 Å². The second kappa shape index (κ2) is 6.06. The fraction of sp³-hybridized carbons (Fsp3) is 0.720. The molecule has 4 aliphatic rings. The van der Waals surface area contributed by atoms with Crippen molar-refractivity contribution >= 4 is 5.97 Å². The smallest absolute Gasteiger partial charge is 0.312 e. The van der Waals surface area contributed by atoms with Crippen LogP contribution in [0.3, 0.4) is 0 Å². The summed E-state index contributed by atoms with van der Waals surface area (Å²) in [5, 5.41) is 0. The topological polar surface area (TPSA) is 26.3 Å². The van der Waals surface area contributed by atoms with Crippen molar-refractivity contribution < 1.29 is 13.9 Å². The van der Waals surface area contributed by atoms with E-state index < -0.39 is 0 Å². The maximum atomic E-state index is 13.7. The van der Waals surface area contributed by atoms with E-state index in [1.165, 1.54) is 17.5 Å². The Morgan fingerprint density at radius 1 is 1.04 bits per heavy atom. The molecule has 3 unspecified atom stereocenters. The number of fused-ring (bicyclic) bond motifs is 6. The van der Waals surface area contributed by atoms with Gasteiger partial charge in [0.2, 0.25) is 0 Å². The molecule has 1 aliphatic heterocycles. The maximum absolute atomic E-state index is 13.7. The molecule has 0 N–H and O–H groups in total. The predicted octanol–water partition coefficient (Wildman–Crippen LogP) is 6.17. The third-order valence-electron chi connectivity index (χ3n) is 9.21. The lowest BCUT2D eigenvalue weighted by molar-refractivity contribution is -0.233. The van der Waals surface area contributed by atoms with E-state index >= 15 is 0 Å². The van der Waals surface area contributed by atoms with Gasteiger partial charge >= 0.3 is 5.97 Å². The molecule has 152 valence electrons. The lowest BCUT2D eigenvalue weighted by Crippen LogP contribution is -2.63. The van der Waals surface area contributed by atoms with E-state index in [1.54, 1.807) is 12.1 Å². The number of hydrogen-bond acceptors (Lipinski definition) is 2. The van der Waals surface area contributed by atoms with Gasteiger partial charge in [0.1, 0.15) is 11.4 Å². The Labute approximate surface area is 168 Å². The second-order valence-corrected chi connectivity index (χ2v) is 10.9. The molecule has 3 heteroatoms. The molecule has 3 aliphatic carbocycles. The van der Waals surface area contributed by atoms with Crippen molar-refractivity contribution in [3.63, 3.8) is 0 Å². The summed E-state index contributed by atoms with van der Waals surface area (Å²) in [4.78, 5) is 12.8. The highest BCUT2D eigenvalue weighted by Gasteiger charge is 2.63. The fourth-order valence-electron chi connectivity index (χ4n) is 7.42. The van der Waals surface area contributed by atoms with Crippen LogP contribution in [0.5, 0.6) is 0 Å². The molecule has 1 heterocycles. The summed E-state index contributed by atoms with van der Waals surface area (Å²) in [5.74, 6) is 1.70. The van der Waals surface area contributed by atoms with Crippen molar-refractivity contribution in [1.82, 2.24) is 0 Å². The molecule has 2 saturated carbocycles. The quantitative estimate of drug-likeness (QED) is 0.500. The molecule has 0 amide bonds. The molecule has 5 atom stereocenters. The minimum Gasteiger partial charge on any atom is -0.458 e. The Morgan fingerprint density at radius 2 is 1.86 bits per heavy atom. The van der Waals surface area contributed by atoms with Crippen LogP contribution in [-0.2, 0) is 16.0 Å². The molecule has 1 spiro atoms. The van der Waals surface area contributed by atoms with E-state index in [4.69, 9.17) is 4.74 Å². The van der Waals surface area contributed by atoms with E-state index in [9.17, 15) is 9.18 Å². The molecular weight excluding hydrogens is 351 g/mol. The van der Waals surface area contributed by atoms with Gasteiger partial charge in [-0.25, -0.2) is 4.39 Å². The van der Waals surface area contributed by atoms with Crippen molar-refractivity contribution in [2.24, 2.45) is 22.7 Å². The van der Waals surface area contributed by atoms with Crippen molar-refractivity contribution in [2.75, 3.05) is 0 Å². The van der Waals surface area contributed by atoms with Crippen molar-refractivity contribution in [2.45, 2.75) is 90.1 Å². The number of benzene rings is 1. The van der Waals surface area contributed by atoms with Crippen LogP contribution in [0, 0.1) is 28.5 Å². The van der Waals surface area contributed by atoms with Crippen LogP contribution in [0.1, 0.15) is 89.2 Å². The first-order valence-corrected chi connectivity index (χ1v) is 11.3. The number of carbonyl (C=O) groups is 1. The molecule has 1 saturated heterocycles. The maximum Gasteiger partial charge on any atom is 0.312 e. The van der Waals surface area contributed by atoms with E-state index in [-0.39, 0.29) is 28.2 Å². The van der Waals surface area contributed by atoms with Crippen LogP contribution >= 0.6 is 0 Å². The van der Waals surface area contributed by atoms with Gasteiger partial charge in [0.05, 0.1) is 5.41 Å². The van der Waals surface area contributed by atoms with Gasteiger partial charge in [0, 0.05) is 5.41 Å². The first-order valence-electron chi connectivity index (χ1n) is 11.3. The van der Waals surface area contributed by atoms with Crippen LogP contribution in [0.2, 0.25) is 0 Å². The SMILES string of the molecule is CC1(C)CC[C@@]2(CCCC3C4CCc5cc(F)ccc5C4CC[C@@]32C)OC1=O. The first-order chi connectivity index (χ1) is 13.3. The van der Waals surface area contributed by atoms with E-state index in [0.29, 0.717) is 17.8 Å². The molecule has 0 bridgehead atoms. The molecule has 0 aromatic heterocycles. The van der Waals surface area contributed by atoms with E-state index in [2.05, 4.69) is 6.92 Å². The van der Waals surface area contributed by atoms with Crippen LogP contribution in [-0.4, -0.2) is 11.6 Å². The molecule has 28 heavy (non-hydrogen) atoms. The summed E-state index contributed by atoms with van der Waals surface area (Å²) in [6.45, 7) is 6.48. The molecule has 1 aromatic carbocycles. The Hall–Kier alpha value is -1.38. The predicted molar refractivity (Wildman–Crippen MR) is 107 cm³/mol. The van der Waals surface area contributed by atoms with Gasteiger partial charge in [-0.05, 0) is 113 Å². The van der Waals surface area contributed by atoms with Crippen molar-refractivity contribution in [1.29, 1.82) is 0 Å². The summed E-state index contributed by atoms with van der Waals surface area (Å²) in [6, 6.07) is 5.45. The molecule has 2 nitrogen and oxygen atoms in total. The van der Waals surface area contributed by atoms with Crippen molar-refractivity contribution in [3.8, 4) is 0 Å². The number of esters is 1. The summed E-state index contributed by atoms with van der Waals surface area (Å²) < 4.78 is 20.1. The zero-order valence-corrected chi connectivity index (χ0v) is 17.5. The highest BCUT2D eigenvalue weighted by molar-refractivity contribution is 5.77. The van der Waals surface area contributed by atoms with E-state index in [1.807, 2.05) is 19.9 Å². The zero-order chi connectivity index (χ0) is 19.7. The fourth-order valence-corrected chi connectivity index (χ4v) is 7.42. The van der Waals surface area contributed by atoms with Gasteiger partial charge in [0.25, 0.3) is 0 Å². The standard InChI is InChI=1S/C25H33FO2/c1-23(2)13-14-25(28-22(23)27)11-4-5-21-20-8-6-16-15-17(26)7-9-18(16)19(20)10-12-24(21,25)3/h7,9,15,19-21H,4-6,8,10-14H2,1-3H3/t19?,20?,21?,24-,25+/m0/s1. The minimum absolute atomic E-state index is 0.00668. The number of hydrogen-bond donors (Lipinski definition) is 0. The molecular formula is C25H33FO2. The molecule has 5 rings (SSSR count). The normalized spacial score (nSPS) is 41.6. The summed E-state index contributed by atoms with van der Waals surface area (Å²) >= 11 is 0. The first kappa shape index (κ1) is 18.6. The Morgan fingerprint density at radius 3 is 2.64 bits per heavy atom. The highest BCUT2D eigenvalue weighted by atomic mass is 19.1. The lowest BCUT2D eigenvalue weighted by Gasteiger charge is -2.63. The van der Waals surface area contributed by atoms with Crippen molar-refractivity contribution in [3.05, 3.63) is 35.1 Å². The number of rotatable bonds is 0. The van der Waals surface area contributed by atoms with Gasteiger partial charge < -0.3 is 4.74 Å². The zero-order valence-electron chi connectivity index (χ0n) is 17.5. The Bertz CT molecular complexity index is 815. The van der Waals surface area contributed by atoms with E-state index in [0.717, 1.165) is 51.4 Å². The third-order valence-corrected chi connectivity index (χ3v) is 9.21. The highest BCUT2D eigenvalue weighted by Crippen LogP contribution is 2.65. The lowest BCUT2D eigenvalue weighted by atomic mass is 9.45. The minimum atomic E-state index is -0.348. The number of halogens is 1. The average Bonchev–Trinajstić information content (AvgIpc) is 2.65. The monoisotopic (exact) mass is 384 g/mol. The van der Waals surface area contributed by atoms with Gasteiger partial charge in [-0.1, -0.05) is 13.0 Å². The van der Waals surface area contributed by atoms with Crippen LogP contribution in [0.4, 0.5) is 4.39 Å². The number of ether oxygens (including phenoxy) is 1. The van der Waals surface area contributed by atoms with Gasteiger partial charge in [-0.3, -0.25) is 4.79 Å². The van der Waals surface area contributed by atoms with Crippen LogP contribution in [0.25, 0.3) is 0 Å². The van der Waals surface area contributed by atoms with Gasteiger partial charge in [-0.2, -0.15) is 0 Å². The molecule has 0 radical (unpaired) electrons. The molecule has 1 aromatic rings. The third kappa shape index (κ3) is 2.47. The summed E-state index contributed by atoms with van der Waals surface area (Å²) in [6.07, 6.45) is 9.77. The molecule has 3 fully saturated rings.